The van der Waals surface area contributed by atoms with Crippen LogP contribution in [0.1, 0.15) is 96.3 Å². The maximum Gasteiger partial charge on any atom is 0.132 e. The van der Waals surface area contributed by atoms with Crippen molar-refractivity contribution in [3.63, 3.8) is 0 Å². The smallest absolute Gasteiger partial charge is 0.132 e. The van der Waals surface area contributed by atoms with Crippen molar-refractivity contribution in [3.8, 4) is 0 Å². The predicted molar refractivity (Wildman–Crippen MR) is 105 cm³/mol. The van der Waals surface area contributed by atoms with Gasteiger partial charge in [0.05, 0.1) is 0 Å². The molecule has 1 atom stereocenters. The number of allylic oxidation sites excluding steroid dienone is 2. The third kappa shape index (κ3) is 12.8. The van der Waals surface area contributed by atoms with Gasteiger partial charge in [-0.05, 0) is 65.1 Å². The zero-order valence-corrected chi connectivity index (χ0v) is 16.4. The van der Waals surface area contributed by atoms with Gasteiger partial charge in [-0.2, -0.15) is 0 Å². The molecule has 0 aromatic heterocycles. The van der Waals surface area contributed by atoms with Gasteiger partial charge in [-0.1, -0.05) is 57.1 Å². The molecule has 0 aromatic carbocycles. The highest BCUT2D eigenvalue weighted by Gasteiger charge is 2.07. The number of Topliss-reactive ketones (excluding diaryl/α,β-unsaturated/α-hetero) is 1. The van der Waals surface area contributed by atoms with E-state index in [-0.39, 0.29) is 0 Å². The molecule has 0 aromatic rings. The number of hydrogen-bond acceptors (Lipinski definition) is 2. The molecule has 24 heavy (non-hydrogen) atoms. The number of hydrogen-bond donors (Lipinski definition) is 0. The number of carbonyl (C=O) groups is 1. The number of ketones is 1. The first kappa shape index (κ1) is 21.4. The summed E-state index contributed by atoms with van der Waals surface area (Å²) in [6, 6.07) is 0. The minimum atomic E-state index is 0.481. The van der Waals surface area contributed by atoms with E-state index < -0.39 is 0 Å². The first-order chi connectivity index (χ1) is 11.7. The Morgan fingerprint density at radius 2 is 1.46 bits per heavy atom. The van der Waals surface area contributed by atoms with Crippen LogP contribution >= 0.6 is 0 Å². The lowest BCUT2D eigenvalue weighted by Gasteiger charge is -2.08. The molecule has 0 N–H and O–H groups in total. The molecule has 1 rings (SSSR count). The first-order valence-electron chi connectivity index (χ1n) is 10.5. The Morgan fingerprint density at radius 1 is 0.875 bits per heavy atom. The molecule has 0 amide bonds. The lowest BCUT2D eigenvalue weighted by molar-refractivity contribution is -0.119. The van der Waals surface area contributed by atoms with E-state index in [4.69, 9.17) is 0 Å². The van der Waals surface area contributed by atoms with E-state index in [9.17, 15) is 4.79 Å². The van der Waals surface area contributed by atoms with E-state index in [1.165, 1.54) is 64.2 Å². The van der Waals surface area contributed by atoms with Gasteiger partial charge < -0.3 is 4.90 Å². The van der Waals surface area contributed by atoms with Gasteiger partial charge in [0.1, 0.15) is 5.78 Å². The van der Waals surface area contributed by atoms with Crippen molar-refractivity contribution in [1.29, 1.82) is 0 Å². The Morgan fingerprint density at radius 3 is 2.04 bits per heavy atom. The van der Waals surface area contributed by atoms with Crippen LogP contribution in [-0.2, 0) is 4.79 Å². The van der Waals surface area contributed by atoms with E-state index >= 15 is 0 Å². The van der Waals surface area contributed by atoms with Crippen LogP contribution in [0.5, 0.6) is 0 Å². The van der Waals surface area contributed by atoms with Crippen molar-refractivity contribution in [2.24, 2.45) is 5.92 Å². The fourth-order valence-electron chi connectivity index (χ4n) is 3.60. The van der Waals surface area contributed by atoms with Gasteiger partial charge in [-0.3, -0.25) is 4.79 Å². The maximum absolute atomic E-state index is 11.8. The lowest BCUT2D eigenvalue weighted by atomic mass is 9.99. The molecule has 140 valence electrons. The Bertz CT molecular complexity index is 335. The summed E-state index contributed by atoms with van der Waals surface area (Å²) in [7, 11) is 4.18. The van der Waals surface area contributed by atoms with Gasteiger partial charge in [0.2, 0.25) is 0 Å². The second-order valence-corrected chi connectivity index (χ2v) is 7.93. The molecular formula is C22H41NO. The van der Waals surface area contributed by atoms with Gasteiger partial charge in [-0.25, -0.2) is 0 Å². The van der Waals surface area contributed by atoms with Gasteiger partial charge >= 0.3 is 0 Å². The van der Waals surface area contributed by atoms with Gasteiger partial charge in [0.25, 0.3) is 0 Å². The molecule has 0 radical (unpaired) electrons. The van der Waals surface area contributed by atoms with E-state index in [1.54, 1.807) is 0 Å². The number of nitrogens with zero attached hydrogens (tertiary/aromatic N) is 1. The minimum absolute atomic E-state index is 0.481. The predicted octanol–water partition coefficient (Wildman–Crippen LogP) is 6.15. The van der Waals surface area contributed by atoms with Crippen LogP contribution in [-0.4, -0.2) is 31.3 Å². The van der Waals surface area contributed by atoms with Crippen LogP contribution in [0.4, 0.5) is 0 Å². The highest BCUT2D eigenvalue weighted by molar-refractivity contribution is 5.78. The third-order valence-corrected chi connectivity index (χ3v) is 5.20. The Labute approximate surface area is 151 Å². The van der Waals surface area contributed by atoms with Crippen LogP contribution in [0, 0.1) is 5.92 Å². The maximum atomic E-state index is 11.8. The Kier molecular flexibility index (Phi) is 13.1. The molecule has 0 spiro atoms. The first-order valence-corrected chi connectivity index (χ1v) is 10.5. The number of carbonyl (C=O) groups excluding carboxylic acids is 1. The molecule has 1 aliphatic rings. The van der Waals surface area contributed by atoms with Crippen LogP contribution in [0.2, 0.25) is 0 Å². The zero-order valence-electron chi connectivity index (χ0n) is 16.4. The van der Waals surface area contributed by atoms with Crippen molar-refractivity contribution in [2.45, 2.75) is 96.3 Å². The molecule has 1 aliphatic carbocycles. The number of rotatable bonds is 16. The summed E-state index contributed by atoms with van der Waals surface area (Å²) in [6.07, 6.45) is 23.4. The fraction of sp³-hybridized carbons (Fsp3) is 0.864. The normalized spacial score (nSPS) is 17.0. The standard InChI is InChI=1S/C22H41NO/c1-23(2)20-14-13-19-22(24)18-10-8-6-4-3-5-7-9-15-21-16-11-12-17-21/h11,16,21H,3-10,12-15,17-20H2,1-2H3/t21-/m0/s1. The minimum Gasteiger partial charge on any atom is -0.309 e. The van der Waals surface area contributed by atoms with Crippen molar-refractivity contribution in [3.05, 3.63) is 12.2 Å². The Balaban J connectivity index is 1.75. The van der Waals surface area contributed by atoms with E-state index in [0.29, 0.717) is 5.78 Å². The van der Waals surface area contributed by atoms with Crippen LogP contribution in [0.3, 0.4) is 0 Å². The van der Waals surface area contributed by atoms with Gasteiger partial charge in [0.15, 0.2) is 0 Å². The van der Waals surface area contributed by atoms with E-state index in [2.05, 4.69) is 31.1 Å². The molecule has 2 nitrogen and oxygen atoms in total. The van der Waals surface area contributed by atoms with Crippen LogP contribution in [0.15, 0.2) is 12.2 Å². The molecule has 0 fully saturated rings. The zero-order chi connectivity index (χ0) is 17.5. The average molecular weight is 336 g/mol. The van der Waals surface area contributed by atoms with Crippen molar-refractivity contribution in [2.75, 3.05) is 20.6 Å². The quantitative estimate of drug-likeness (QED) is 0.249. The summed E-state index contributed by atoms with van der Waals surface area (Å²) < 4.78 is 0. The largest absolute Gasteiger partial charge is 0.309 e. The van der Waals surface area contributed by atoms with E-state index in [0.717, 1.165) is 44.6 Å². The van der Waals surface area contributed by atoms with Crippen molar-refractivity contribution in [1.82, 2.24) is 4.90 Å². The Hall–Kier alpha value is -0.630. The molecule has 0 heterocycles. The summed E-state index contributed by atoms with van der Waals surface area (Å²) in [5.74, 6) is 1.38. The molecule has 0 saturated carbocycles. The van der Waals surface area contributed by atoms with Crippen molar-refractivity contribution >= 4 is 5.78 Å². The highest BCUT2D eigenvalue weighted by atomic mass is 16.1. The van der Waals surface area contributed by atoms with Crippen LogP contribution < -0.4 is 0 Å². The summed E-state index contributed by atoms with van der Waals surface area (Å²) in [5.41, 5.74) is 0. The summed E-state index contributed by atoms with van der Waals surface area (Å²) in [4.78, 5) is 14.0. The fourth-order valence-corrected chi connectivity index (χ4v) is 3.60. The summed E-state index contributed by atoms with van der Waals surface area (Å²) in [5, 5.41) is 0. The van der Waals surface area contributed by atoms with Crippen molar-refractivity contribution < 1.29 is 4.79 Å². The lowest BCUT2D eigenvalue weighted by Crippen LogP contribution is -2.13. The van der Waals surface area contributed by atoms with Crippen LogP contribution in [0.25, 0.3) is 0 Å². The molecule has 2 heteroatoms. The molecule has 0 saturated heterocycles. The SMILES string of the molecule is CN(C)CCCCC(=O)CCCCCCCCCC[C@H]1C=CCC1. The van der Waals surface area contributed by atoms with E-state index in [1.807, 2.05) is 0 Å². The monoisotopic (exact) mass is 335 g/mol. The topological polar surface area (TPSA) is 20.3 Å². The third-order valence-electron chi connectivity index (χ3n) is 5.20. The summed E-state index contributed by atoms with van der Waals surface area (Å²) >= 11 is 0. The molecule has 0 unspecified atom stereocenters. The molecule has 0 aliphatic heterocycles. The molecule has 0 bridgehead atoms. The molecular weight excluding hydrogens is 294 g/mol. The van der Waals surface area contributed by atoms with Gasteiger partial charge in [0, 0.05) is 12.8 Å². The van der Waals surface area contributed by atoms with Gasteiger partial charge in [-0.15, -0.1) is 0 Å². The highest BCUT2D eigenvalue weighted by Crippen LogP contribution is 2.23. The average Bonchev–Trinajstić information content (AvgIpc) is 3.06. The summed E-state index contributed by atoms with van der Waals surface area (Å²) in [6.45, 7) is 1.10. The number of unbranched alkanes of at least 4 members (excludes halogenated alkanes) is 8. The second kappa shape index (κ2) is 14.7. The second-order valence-electron chi connectivity index (χ2n) is 7.93.